The number of carbonyl (C=O) groups is 1. The van der Waals surface area contributed by atoms with Gasteiger partial charge in [-0.05, 0) is 66.6 Å². The van der Waals surface area contributed by atoms with Crippen LogP contribution in [0.2, 0.25) is 0 Å². The smallest absolute Gasteiger partial charge is 0.255 e. The van der Waals surface area contributed by atoms with Gasteiger partial charge in [-0.2, -0.15) is 0 Å². The molecule has 0 aliphatic carbocycles. The molecule has 0 radical (unpaired) electrons. The highest BCUT2D eigenvalue weighted by Gasteiger charge is 2.21. The molecule has 0 aromatic heterocycles. The van der Waals surface area contributed by atoms with Crippen LogP contribution < -0.4 is 5.32 Å². The first-order valence-corrected chi connectivity index (χ1v) is 8.19. The molecule has 2 N–H and O–H groups in total. The van der Waals surface area contributed by atoms with E-state index >= 15 is 0 Å². The minimum atomic E-state index is -0.171. The molecule has 0 unspecified atom stereocenters. The van der Waals surface area contributed by atoms with Crippen molar-refractivity contribution in [1.82, 2.24) is 10.2 Å². The number of piperidine rings is 1. The van der Waals surface area contributed by atoms with Crippen LogP contribution in [0, 0.1) is 3.57 Å². The lowest BCUT2D eigenvalue weighted by Gasteiger charge is -2.32. The van der Waals surface area contributed by atoms with Crippen LogP contribution in [0.15, 0.2) is 18.2 Å². The molecule has 110 valence electrons. The van der Waals surface area contributed by atoms with Crippen LogP contribution in [0.1, 0.15) is 36.5 Å². The summed E-state index contributed by atoms with van der Waals surface area (Å²) in [6, 6.07) is 5.29. The molecule has 20 heavy (non-hydrogen) atoms. The molecular formula is C15H21IN2O2. The van der Waals surface area contributed by atoms with Crippen LogP contribution in [-0.4, -0.2) is 41.6 Å². The second-order valence-corrected chi connectivity index (χ2v) is 6.50. The van der Waals surface area contributed by atoms with Crippen LogP contribution >= 0.6 is 22.6 Å². The Morgan fingerprint density at radius 1 is 1.45 bits per heavy atom. The van der Waals surface area contributed by atoms with E-state index in [2.05, 4.69) is 39.7 Å². The third kappa shape index (κ3) is 4.09. The normalized spacial score (nSPS) is 17.1. The SMILES string of the molecule is CCCN1CCC(NC(=O)c2cc(I)ccc2O)CC1. The third-order valence-electron chi connectivity index (χ3n) is 3.67. The molecule has 5 heteroatoms. The van der Waals surface area contributed by atoms with Crippen LogP contribution in [0.5, 0.6) is 5.75 Å². The summed E-state index contributed by atoms with van der Waals surface area (Å²) in [4.78, 5) is 14.6. The van der Waals surface area contributed by atoms with E-state index in [9.17, 15) is 9.90 Å². The summed E-state index contributed by atoms with van der Waals surface area (Å²) in [5, 5.41) is 12.8. The number of nitrogens with zero attached hydrogens (tertiary/aromatic N) is 1. The molecule has 0 spiro atoms. The molecule has 4 nitrogen and oxygen atoms in total. The second-order valence-electron chi connectivity index (χ2n) is 5.25. The number of nitrogens with one attached hydrogen (secondary N) is 1. The summed E-state index contributed by atoms with van der Waals surface area (Å²) in [6.07, 6.45) is 3.14. The Hall–Kier alpha value is -0.820. The third-order valence-corrected chi connectivity index (χ3v) is 4.34. The molecule has 1 aromatic carbocycles. The fourth-order valence-electron chi connectivity index (χ4n) is 2.57. The van der Waals surface area contributed by atoms with Crippen molar-refractivity contribution in [2.45, 2.75) is 32.2 Å². The predicted molar refractivity (Wildman–Crippen MR) is 88.0 cm³/mol. The minimum absolute atomic E-state index is 0.0475. The van der Waals surface area contributed by atoms with Gasteiger partial charge in [0.2, 0.25) is 0 Å². The quantitative estimate of drug-likeness (QED) is 0.780. The van der Waals surface area contributed by atoms with Gasteiger partial charge in [-0.3, -0.25) is 4.79 Å². The van der Waals surface area contributed by atoms with Crippen molar-refractivity contribution >= 4 is 28.5 Å². The van der Waals surface area contributed by atoms with Gasteiger partial charge in [0.1, 0.15) is 5.75 Å². The van der Waals surface area contributed by atoms with Gasteiger partial charge < -0.3 is 15.3 Å². The molecule has 1 heterocycles. The van der Waals surface area contributed by atoms with Gasteiger partial charge in [0.15, 0.2) is 0 Å². The zero-order chi connectivity index (χ0) is 14.5. The lowest BCUT2D eigenvalue weighted by Crippen LogP contribution is -2.44. The van der Waals surface area contributed by atoms with Crippen molar-refractivity contribution in [3.63, 3.8) is 0 Å². The monoisotopic (exact) mass is 388 g/mol. The van der Waals surface area contributed by atoms with E-state index < -0.39 is 0 Å². The van der Waals surface area contributed by atoms with Crippen LogP contribution in [-0.2, 0) is 0 Å². The van der Waals surface area contributed by atoms with Crippen LogP contribution in [0.4, 0.5) is 0 Å². The van der Waals surface area contributed by atoms with Gasteiger partial charge in [0, 0.05) is 22.7 Å². The van der Waals surface area contributed by atoms with E-state index in [1.54, 1.807) is 18.2 Å². The Morgan fingerprint density at radius 2 is 2.15 bits per heavy atom. The van der Waals surface area contributed by atoms with E-state index in [0.29, 0.717) is 5.56 Å². The second kappa shape index (κ2) is 7.26. The molecular weight excluding hydrogens is 367 g/mol. The fraction of sp³-hybridized carbons (Fsp3) is 0.533. The lowest BCUT2D eigenvalue weighted by atomic mass is 10.0. The summed E-state index contributed by atoms with van der Waals surface area (Å²) < 4.78 is 0.948. The van der Waals surface area contributed by atoms with Crippen molar-refractivity contribution in [1.29, 1.82) is 0 Å². The maximum Gasteiger partial charge on any atom is 0.255 e. The van der Waals surface area contributed by atoms with Gasteiger partial charge in [-0.25, -0.2) is 0 Å². The Labute approximate surface area is 133 Å². The number of hydrogen-bond donors (Lipinski definition) is 2. The van der Waals surface area contributed by atoms with Crippen molar-refractivity contribution < 1.29 is 9.90 Å². The average Bonchev–Trinajstić information content (AvgIpc) is 2.44. The number of hydrogen-bond acceptors (Lipinski definition) is 3. The first-order chi connectivity index (χ1) is 9.60. The van der Waals surface area contributed by atoms with E-state index in [1.165, 1.54) is 6.42 Å². The number of rotatable bonds is 4. The number of likely N-dealkylation sites (tertiary alicyclic amines) is 1. The van der Waals surface area contributed by atoms with E-state index in [0.717, 1.165) is 36.0 Å². The van der Waals surface area contributed by atoms with Crippen molar-refractivity contribution in [3.8, 4) is 5.75 Å². The summed E-state index contributed by atoms with van der Waals surface area (Å²) in [6.45, 7) is 5.40. The van der Waals surface area contributed by atoms with E-state index in [1.807, 2.05) is 0 Å². The van der Waals surface area contributed by atoms with Gasteiger partial charge in [-0.15, -0.1) is 0 Å². The zero-order valence-corrected chi connectivity index (χ0v) is 13.9. The first-order valence-electron chi connectivity index (χ1n) is 7.12. The van der Waals surface area contributed by atoms with Gasteiger partial charge in [-0.1, -0.05) is 6.92 Å². The highest BCUT2D eigenvalue weighted by Crippen LogP contribution is 2.20. The summed E-state index contributed by atoms with van der Waals surface area (Å²) >= 11 is 2.14. The number of aromatic hydroxyl groups is 1. The molecule has 1 aromatic rings. The molecule has 0 atom stereocenters. The number of halogens is 1. The van der Waals surface area contributed by atoms with Crippen molar-refractivity contribution in [2.24, 2.45) is 0 Å². The molecule has 2 rings (SSSR count). The number of phenols is 1. The fourth-order valence-corrected chi connectivity index (χ4v) is 3.06. The Kier molecular flexibility index (Phi) is 5.65. The van der Waals surface area contributed by atoms with E-state index in [-0.39, 0.29) is 17.7 Å². The molecule has 1 aliphatic heterocycles. The highest BCUT2D eigenvalue weighted by molar-refractivity contribution is 14.1. The summed E-state index contributed by atoms with van der Waals surface area (Å²) in [5.74, 6) is -0.124. The Balaban J connectivity index is 1.91. The molecule has 0 saturated carbocycles. The zero-order valence-electron chi connectivity index (χ0n) is 11.7. The maximum atomic E-state index is 12.2. The predicted octanol–water partition coefficient (Wildman–Crippen LogP) is 2.60. The molecule has 1 aliphatic rings. The van der Waals surface area contributed by atoms with Crippen LogP contribution in [0.25, 0.3) is 0 Å². The molecule has 1 saturated heterocycles. The van der Waals surface area contributed by atoms with Crippen LogP contribution in [0.3, 0.4) is 0 Å². The van der Waals surface area contributed by atoms with Gasteiger partial charge >= 0.3 is 0 Å². The molecule has 1 fully saturated rings. The van der Waals surface area contributed by atoms with Crippen molar-refractivity contribution in [2.75, 3.05) is 19.6 Å². The number of amides is 1. The van der Waals surface area contributed by atoms with Gasteiger partial charge in [0.25, 0.3) is 5.91 Å². The molecule has 0 bridgehead atoms. The lowest BCUT2D eigenvalue weighted by molar-refractivity contribution is 0.0908. The molecule has 1 amide bonds. The summed E-state index contributed by atoms with van der Waals surface area (Å²) in [7, 11) is 0. The Bertz CT molecular complexity index is 471. The first kappa shape index (κ1) is 15.6. The standard InChI is InChI=1S/C15H21IN2O2/c1-2-7-18-8-5-12(6-9-18)17-15(20)13-10-11(16)3-4-14(13)19/h3-4,10,12,19H,2,5-9H2,1H3,(H,17,20). The highest BCUT2D eigenvalue weighted by atomic mass is 127. The number of phenolic OH excluding ortho intramolecular Hbond substituents is 1. The number of carbonyl (C=O) groups excluding carboxylic acids is 1. The Morgan fingerprint density at radius 3 is 2.80 bits per heavy atom. The minimum Gasteiger partial charge on any atom is -0.507 e. The topological polar surface area (TPSA) is 52.6 Å². The van der Waals surface area contributed by atoms with Crippen molar-refractivity contribution in [3.05, 3.63) is 27.3 Å². The van der Waals surface area contributed by atoms with E-state index in [4.69, 9.17) is 0 Å². The van der Waals surface area contributed by atoms with Gasteiger partial charge in [0.05, 0.1) is 5.56 Å². The largest absolute Gasteiger partial charge is 0.507 e. The summed E-state index contributed by atoms with van der Waals surface area (Å²) in [5.41, 5.74) is 0.368. The maximum absolute atomic E-state index is 12.2. The number of benzene rings is 1. The average molecular weight is 388 g/mol.